The molecule has 0 bridgehead atoms. The molecule has 0 aromatic heterocycles. The largest absolute Gasteiger partial charge is 0.371 e. The van der Waals surface area contributed by atoms with Gasteiger partial charge in [0.15, 0.2) is 0 Å². The van der Waals surface area contributed by atoms with Crippen molar-refractivity contribution in [2.24, 2.45) is 5.92 Å². The Balaban J connectivity index is 1.55. The lowest BCUT2D eigenvalue weighted by Gasteiger charge is -2.21. The average Bonchev–Trinajstić information content (AvgIpc) is 3.13. The molecular weight excluding hydrogens is 389 g/mol. The van der Waals surface area contributed by atoms with Crippen LogP contribution in [0.3, 0.4) is 0 Å². The van der Waals surface area contributed by atoms with E-state index in [1.54, 1.807) is 6.07 Å². The average molecular weight is 412 g/mol. The summed E-state index contributed by atoms with van der Waals surface area (Å²) in [5.74, 6) is -0.288. The lowest BCUT2D eigenvalue weighted by Crippen LogP contribution is -2.40. The van der Waals surface area contributed by atoms with Crippen LogP contribution in [0.4, 0.5) is 10.1 Å². The van der Waals surface area contributed by atoms with E-state index in [-0.39, 0.29) is 23.0 Å². The maximum absolute atomic E-state index is 13.9. The molecule has 0 saturated carbocycles. The predicted molar refractivity (Wildman–Crippen MR) is 107 cm³/mol. The minimum Gasteiger partial charge on any atom is -0.371 e. The number of nitrogens with one attached hydrogen (secondary N) is 1. The molecule has 0 radical (unpaired) electrons. The molecule has 2 aromatic carbocycles. The van der Waals surface area contributed by atoms with Gasteiger partial charge in [-0.2, -0.15) is 12.7 Å². The third-order valence-corrected chi connectivity index (χ3v) is 6.65. The first-order chi connectivity index (χ1) is 12.9. The molecule has 8 heteroatoms. The second kappa shape index (κ2) is 8.56. The minimum absolute atomic E-state index is 0.123. The van der Waals surface area contributed by atoms with Gasteiger partial charge in [-0.05, 0) is 36.6 Å². The van der Waals surface area contributed by atoms with Crippen LogP contribution in [0.25, 0.3) is 0 Å². The number of halogens is 2. The lowest BCUT2D eigenvalue weighted by atomic mass is 10.1. The van der Waals surface area contributed by atoms with Crippen molar-refractivity contribution in [2.75, 3.05) is 31.6 Å². The Morgan fingerprint density at radius 3 is 2.67 bits per heavy atom. The smallest absolute Gasteiger partial charge is 0.279 e. The fraction of sp³-hybridized carbons (Fsp3) is 0.368. The topological polar surface area (TPSA) is 52.7 Å². The van der Waals surface area contributed by atoms with Crippen LogP contribution in [0.15, 0.2) is 48.5 Å². The van der Waals surface area contributed by atoms with E-state index in [4.69, 9.17) is 11.6 Å². The van der Waals surface area contributed by atoms with E-state index in [1.807, 2.05) is 18.2 Å². The normalized spacial score (nSPS) is 17.6. The fourth-order valence-electron chi connectivity index (χ4n) is 3.20. The van der Waals surface area contributed by atoms with Crippen molar-refractivity contribution in [2.45, 2.75) is 13.0 Å². The summed E-state index contributed by atoms with van der Waals surface area (Å²) in [5.41, 5.74) is 1.32. The van der Waals surface area contributed by atoms with E-state index < -0.39 is 16.0 Å². The number of benzene rings is 2. The van der Waals surface area contributed by atoms with Crippen molar-refractivity contribution >= 4 is 27.5 Å². The molecular formula is C19H23ClFN3O2S. The van der Waals surface area contributed by atoms with Gasteiger partial charge in [-0.15, -0.1) is 0 Å². The molecule has 0 amide bonds. The van der Waals surface area contributed by atoms with Gasteiger partial charge in [0.05, 0.1) is 0 Å². The zero-order valence-electron chi connectivity index (χ0n) is 15.1. The first-order valence-corrected chi connectivity index (χ1v) is 10.6. The van der Waals surface area contributed by atoms with Gasteiger partial charge in [-0.25, -0.2) is 9.11 Å². The van der Waals surface area contributed by atoms with Gasteiger partial charge in [0, 0.05) is 49.5 Å². The lowest BCUT2D eigenvalue weighted by molar-refractivity contribution is 0.438. The van der Waals surface area contributed by atoms with E-state index in [9.17, 15) is 12.8 Å². The molecule has 5 nitrogen and oxygen atoms in total. The molecule has 146 valence electrons. The SMILES string of the molecule is CN(Cc1c(F)cccc1Cl)S(=O)(=O)NCC1CCN(c2ccccc2)C1. The zero-order chi connectivity index (χ0) is 19.4. The molecule has 3 rings (SSSR count). The van der Waals surface area contributed by atoms with Crippen LogP contribution in [0.2, 0.25) is 5.02 Å². The van der Waals surface area contributed by atoms with Gasteiger partial charge >= 0.3 is 0 Å². The number of nitrogens with zero attached hydrogens (tertiary/aromatic N) is 2. The maximum Gasteiger partial charge on any atom is 0.279 e. The van der Waals surface area contributed by atoms with Crippen LogP contribution >= 0.6 is 11.6 Å². The first-order valence-electron chi connectivity index (χ1n) is 8.80. The highest BCUT2D eigenvalue weighted by Gasteiger charge is 2.26. The molecule has 1 aliphatic heterocycles. The number of anilines is 1. The van der Waals surface area contributed by atoms with E-state index >= 15 is 0 Å². The van der Waals surface area contributed by atoms with E-state index in [2.05, 4.69) is 21.8 Å². The summed E-state index contributed by atoms with van der Waals surface area (Å²) in [7, 11) is -2.31. The molecule has 2 aromatic rings. The third-order valence-electron chi connectivity index (χ3n) is 4.81. The van der Waals surface area contributed by atoms with Crippen molar-refractivity contribution in [3.8, 4) is 0 Å². The number of hydrogen-bond donors (Lipinski definition) is 1. The number of hydrogen-bond acceptors (Lipinski definition) is 3. The van der Waals surface area contributed by atoms with Gasteiger partial charge in [0.2, 0.25) is 0 Å². The standard InChI is InChI=1S/C19H23ClFN3O2S/c1-23(14-17-18(20)8-5-9-19(17)21)27(25,26)22-12-15-10-11-24(13-15)16-6-3-2-4-7-16/h2-9,15,22H,10-14H2,1H3. The van der Waals surface area contributed by atoms with Crippen LogP contribution in [-0.4, -0.2) is 39.4 Å². The molecule has 0 aliphatic carbocycles. The van der Waals surface area contributed by atoms with Crippen LogP contribution in [0.1, 0.15) is 12.0 Å². The zero-order valence-corrected chi connectivity index (χ0v) is 16.7. The van der Waals surface area contributed by atoms with Crippen LogP contribution < -0.4 is 9.62 Å². The highest BCUT2D eigenvalue weighted by molar-refractivity contribution is 7.87. The van der Waals surface area contributed by atoms with Crippen LogP contribution in [0, 0.1) is 11.7 Å². The second-order valence-corrected chi connectivity index (χ2v) is 9.02. The summed E-state index contributed by atoms with van der Waals surface area (Å²) in [5, 5.41) is 0.214. The molecule has 1 saturated heterocycles. The fourth-order valence-corrected chi connectivity index (χ4v) is 4.39. The molecule has 0 spiro atoms. The number of para-hydroxylation sites is 1. The second-order valence-electron chi connectivity index (χ2n) is 6.75. The van der Waals surface area contributed by atoms with Crippen LogP contribution in [0.5, 0.6) is 0 Å². The van der Waals surface area contributed by atoms with E-state index in [1.165, 1.54) is 19.2 Å². The van der Waals surface area contributed by atoms with Crippen molar-refractivity contribution in [1.29, 1.82) is 0 Å². The van der Waals surface area contributed by atoms with Crippen molar-refractivity contribution in [3.63, 3.8) is 0 Å². The van der Waals surface area contributed by atoms with E-state index in [0.717, 1.165) is 29.5 Å². The Hall–Kier alpha value is -1.67. The van der Waals surface area contributed by atoms with Gasteiger partial charge < -0.3 is 4.90 Å². The van der Waals surface area contributed by atoms with Gasteiger partial charge in [-0.3, -0.25) is 0 Å². The van der Waals surface area contributed by atoms with Crippen molar-refractivity contribution in [3.05, 3.63) is 64.9 Å². The molecule has 1 unspecified atom stereocenters. The highest BCUT2D eigenvalue weighted by Crippen LogP contribution is 2.24. The molecule has 1 heterocycles. The Bertz CT molecular complexity index is 860. The third kappa shape index (κ3) is 4.99. The monoisotopic (exact) mass is 411 g/mol. The summed E-state index contributed by atoms with van der Waals surface area (Å²) < 4.78 is 42.6. The van der Waals surface area contributed by atoms with Gasteiger partial charge in [-0.1, -0.05) is 35.9 Å². The van der Waals surface area contributed by atoms with Crippen LogP contribution in [-0.2, 0) is 16.8 Å². The van der Waals surface area contributed by atoms with Gasteiger partial charge in [0.25, 0.3) is 10.2 Å². The molecule has 1 atom stereocenters. The predicted octanol–water partition coefficient (Wildman–Crippen LogP) is 3.27. The molecule has 1 aliphatic rings. The highest BCUT2D eigenvalue weighted by atomic mass is 35.5. The Kier molecular flexibility index (Phi) is 6.37. The number of rotatable bonds is 7. The first kappa shape index (κ1) is 20.1. The Morgan fingerprint density at radius 1 is 1.22 bits per heavy atom. The summed E-state index contributed by atoms with van der Waals surface area (Å²) in [6.07, 6.45) is 0.917. The maximum atomic E-state index is 13.9. The minimum atomic E-state index is -3.72. The van der Waals surface area contributed by atoms with Gasteiger partial charge in [0.1, 0.15) is 5.82 Å². The summed E-state index contributed by atoms with van der Waals surface area (Å²) in [4.78, 5) is 2.25. The van der Waals surface area contributed by atoms with Crippen molar-refractivity contribution < 1.29 is 12.8 Å². The Morgan fingerprint density at radius 2 is 1.96 bits per heavy atom. The van der Waals surface area contributed by atoms with E-state index in [0.29, 0.717) is 6.54 Å². The quantitative estimate of drug-likeness (QED) is 0.760. The molecule has 1 fully saturated rings. The Labute approximate surface area is 164 Å². The molecule has 27 heavy (non-hydrogen) atoms. The summed E-state index contributed by atoms with van der Waals surface area (Å²) >= 11 is 5.99. The summed E-state index contributed by atoms with van der Waals surface area (Å²) in [6.45, 7) is 1.93. The summed E-state index contributed by atoms with van der Waals surface area (Å²) in [6, 6.07) is 14.4. The molecule has 1 N–H and O–H groups in total. The van der Waals surface area contributed by atoms with Crippen molar-refractivity contribution in [1.82, 2.24) is 9.03 Å².